The van der Waals surface area contributed by atoms with Crippen molar-refractivity contribution in [3.05, 3.63) is 92.6 Å². The van der Waals surface area contributed by atoms with Gasteiger partial charge in [-0.3, -0.25) is 4.79 Å². The van der Waals surface area contributed by atoms with Gasteiger partial charge in [-0.15, -0.1) is 0 Å². The van der Waals surface area contributed by atoms with Crippen molar-refractivity contribution >= 4 is 34.7 Å². The molecule has 0 saturated heterocycles. The third-order valence-electron chi connectivity index (χ3n) is 4.00. The molecule has 144 valence electrons. The molecule has 3 aromatic carbocycles. The van der Waals surface area contributed by atoms with Crippen LogP contribution in [-0.2, 0) is 6.61 Å². The number of hydrogen-bond donors (Lipinski definition) is 2. The van der Waals surface area contributed by atoms with Gasteiger partial charge in [0.05, 0.1) is 21.4 Å². The lowest BCUT2D eigenvalue weighted by atomic mass is 10.1. The second-order valence-corrected chi connectivity index (χ2v) is 7.15. The van der Waals surface area contributed by atoms with Gasteiger partial charge in [0.2, 0.25) is 0 Å². The van der Waals surface area contributed by atoms with E-state index in [0.717, 1.165) is 11.1 Å². The summed E-state index contributed by atoms with van der Waals surface area (Å²) in [7, 11) is 0. The zero-order chi connectivity index (χ0) is 20.6. The van der Waals surface area contributed by atoms with E-state index in [-0.39, 0.29) is 5.75 Å². The molecule has 0 radical (unpaired) electrons. The number of benzene rings is 3. The Balaban J connectivity index is 1.55. The lowest BCUT2D eigenvalue weighted by molar-refractivity contribution is 0.0954. The molecule has 7 heteroatoms. The summed E-state index contributed by atoms with van der Waals surface area (Å²) in [6.07, 6.45) is 1.51. The van der Waals surface area contributed by atoms with Gasteiger partial charge in [-0.2, -0.15) is 10.4 Å². The van der Waals surface area contributed by atoms with Crippen LogP contribution in [0.25, 0.3) is 0 Å². The fourth-order valence-electron chi connectivity index (χ4n) is 2.45. The first-order chi connectivity index (χ1) is 14.1. The zero-order valence-corrected chi connectivity index (χ0v) is 17.3. The van der Waals surface area contributed by atoms with Crippen molar-refractivity contribution in [2.45, 2.75) is 6.61 Å². The first-order valence-electron chi connectivity index (χ1n) is 8.59. The van der Waals surface area contributed by atoms with E-state index in [4.69, 9.17) is 10.00 Å². The number of aromatic hydroxyl groups is 1. The molecule has 0 spiro atoms. The molecule has 1 amide bonds. The summed E-state index contributed by atoms with van der Waals surface area (Å²) in [4.78, 5) is 12.0. The first kappa shape index (κ1) is 20.4. The fourth-order valence-corrected chi connectivity index (χ4v) is 2.79. The van der Waals surface area contributed by atoms with Crippen LogP contribution in [0.2, 0.25) is 0 Å². The predicted octanol–water partition coefficient (Wildman–Crippen LogP) is 4.21. The van der Waals surface area contributed by atoms with Crippen molar-refractivity contribution in [2.75, 3.05) is 0 Å². The molecule has 0 saturated carbocycles. The summed E-state index contributed by atoms with van der Waals surface area (Å²) in [5, 5.41) is 22.7. The Bertz CT molecular complexity index is 1090. The monoisotopic (exact) mass is 497 g/mol. The van der Waals surface area contributed by atoms with Gasteiger partial charge >= 0.3 is 0 Å². The second kappa shape index (κ2) is 9.71. The molecule has 0 heterocycles. The predicted molar refractivity (Wildman–Crippen MR) is 118 cm³/mol. The number of hydrazone groups is 1. The molecular formula is C22H16IN3O3. The molecule has 0 aliphatic heterocycles. The molecule has 2 N–H and O–H groups in total. The van der Waals surface area contributed by atoms with Crippen molar-refractivity contribution < 1.29 is 14.6 Å². The van der Waals surface area contributed by atoms with Crippen LogP contribution in [0.1, 0.15) is 27.0 Å². The topological polar surface area (TPSA) is 94.7 Å². The highest BCUT2D eigenvalue weighted by molar-refractivity contribution is 14.1. The van der Waals surface area contributed by atoms with E-state index in [1.165, 1.54) is 12.3 Å². The Morgan fingerprint density at radius 2 is 1.93 bits per heavy atom. The third kappa shape index (κ3) is 5.56. The van der Waals surface area contributed by atoms with Crippen molar-refractivity contribution in [1.29, 1.82) is 5.26 Å². The number of nitriles is 1. The largest absolute Gasteiger partial charge is 0.507 e. The van der Waals surface area contributed by atoms with Crippen LogP contribution in [0.5, 0.6) is 11.5 Å². The van der Waals surface area contributed by atoms with Crippen LogP contribution >= 0.6 is 22.6 Å². The number of carbonyl (C=O) groups excluding carboxylic acids is 1. The maximum atomic E-state index is 12.0. The normalized spacial score (nSPS) is 10.5. The van der Waals surface area contributed by atoms with Gasteiger partial charge in [0.25, 0.3) is 5.91 Å². The highest BCUT2D eigenvalue weighted by Crippen LogP contribution is 2.20. The number of nitrogens with one attached hydrogen (secondary N) is 1. The van der Waals surface area contributed by atoms with Gasteiger partial charge in [0.1, 0.15) is 18.1 Å². The van der Waals surface area contributed by atoms with Crippen LogP contribution in [-0.4, -0.2) is 17.2 Å². The summed E-state index contributed by atoms with van der Waals surface area (Å²) >= 11 is 1.98. The average Bonchev–Trinajstić information content (AvgIpc) is 2.75. The fraction of sp³-hybridized carbons (Fsp3) is 0.0455. The number of ether oxygens (including phenoxy) is 1. The SMILES string of the molecule is N#Cc1ccccc1COc1ccc(/C=N\NC(=O)c2ccc(I)c(O)c2)cc1. The summed E-state index contributed by atoms with van der Waals surface area (Å²) < 4.78 is 6.39. The quantitative estimate of drug-likeness (QED) is 0.303. The average molecular weight is 497 g/mol. The molecule has 0 aliphatic rings. The van der Waals surface area contributed by atoms with E-state index in [2.05, 4.69) is 16.6 Å². The van der Waals surface area contributed by atoms with Crippen molar-refractivity contribution in [2.24, 2.45) is 5.10 Å². The molecule has 0 bridgehead atoms. The Labute approximate surface area is 181 Å². The van der Waals surface area contributed by atoms with E-state index >= 15 is 0 Å². The van der Waals surface area contributed by atoms with Crippen LogP contribution in [0.15, 0.2) is 71.8 Å². The minimum atomic E-state index is -0.413. The number of phenols is 1. The van der Waals surface area contributed by atoms with Crippen molar-refractivity contribution in [3.63, 3.8) is 0 Å². The summed E-state index contributed by atoms with van der Waals surface area (Å²) in [6.45, 7) is 0.302. The van der Waals surface area contributed by atoms with Crippen molar-refractivity contribution in [1.82, 2.24) is 5.43 Å². The van der Waals surface area contributed by atoms with Gasteiger partial charge < -0.3 is 9.84 Å². The smallest absolute Gasteiger partial charge is 0.271 e. The van der Waals surface area contributed by atoms with Gasteiger partial charge in [0.15, 0.2) is 0 Å². The molecule has 6 nitrogen and oxygen atoms in total. The Morgan fingerprint density at radius 3 is 2.66 bits per heavy atom. The van der Waals surface area contributed by atoms with Crippen LogP contribution in [0, 0.1) is 14.9 Å². The van der Waals surface area contributed by atoms with E-state index < -0.39 is 5.91 Å². The van der Waals surface area contributed by atoms with Gasteiger partial charge in [-0.1, -0.05) is 18.2 Å². The summed E-state index contributed by atoms with van der Waals surface area (Å²) in [6, 6.07) is 21.3. The van der Waals surface area contributed by atoms with Crippen LogP contribution in [0.3, 0.4) is 0 Å². The molecule has 29 heavy (non-hydrogen) atoms. The van der Waals surface area contributed by atoms with Gasteiger partial charge in [0, 0.05) is 11.1 Å². The van der Waals surface area contributed by atoms with Gasteiger partial charge in [-0.05, 0) is 76.7 Å². The lowest BCUT2D eigenvalue weighted by Gasteiger charge is -2.07. The standard InChI is InChI=1S/C22H16IN3O3/c23-20-10-7-16(11-21(20)27)22(28)26-25-13-15-5-8-19(9-6-15)29-14-18-4-2-1-3-17(18)12-24/h1-11,13,27H,14H2,(H,26,28)/b25-13-. The maximum Gasteiger partial charge on any atom is 0.271 e. The molecule has 0 atom stereocenters. The number of carbonyl (C=O) groups is 1. The van der Waals surface area contributed by atoms with Crippen LogP contribution in [0.4, 0.5) is 0 Å². The number of nitrogens with zero attached hydrogens (tertiary/aromatic N) is 2. The molecule has 3 aromatic rings. The Morgan fingerprint density at radius 1 is 1.17 bits per heavy atom. The molecular weight excluding hydrogens is 481 g/mol. The molecule has 3 rings (SSSR count). The highest BCUT2D eigenvalue weighted by atomic mass is 127. The highest BCUT2D eigenvalue weighted by Gasteiger charge is 2.07. The molecule has 0 unspecified atom stereocenters. The third-order valence-corrected chi connectivity index (χ3v) is 4.91. The van der Waals surface area contributed by atoms with Crippen molar-refractivity contribution in [3.8, 4) is 17.6 Å². The first-order valence-corrected chi connectivity index (χ1v) is 9.67. The van der Waals surface area contributed by atoms with E-state index in [1.54, 1.807) is 42.5 Å². The van der Waals surface area contributed by atoms with E-state index in [0.29, 0.717) is 27.1 Å². The second-order valence-electron chi connectivity index (χ2n) is 5.99. The van der Waals surface area contributed by atoms with E-state index in [1.807, 2.05) is 40.8 Å². The summed E-state index contributed by atoms with van der Waals surface area (Å²) in [5.74, 6) is 0.299. The minimum absolute atomic E-state index is 0.0511. The van der Waals surface area contributed by atoms with Gasteiger partial charge in [-0.25, -0.2) is 5.43 Å². The number of halogens is 1. The lowest BCUT2D eigenvalue weighted by Crippen LogP contribution is -2.17. The Hall–Kier alpha value is -3.38. The summed E-state index contributed by atoms with van der Waals surface area (Å²) in [5.41, 5.74) is 4.94. The molecule has 0 fully saturated rings. The van der Waals surface area contributed by atoms with E-state index in [9.17, 15) is 9.90 Å². The minimum Gasteiger partial charge on any atom is -0.507 e. The maximum absolute atomic E-state index is 12.0. The zero-order valence-electron chi connectivity index (χ0n) is 15.2. The molecule has 0 aromatic heterocycles. The Kier molecular flexibility index (Phi) is 6.81. The number of hydrogen-bond acceptors (Lipinski definition) is 5. The molecule has 0 aliphatic carbocycles. The number of amides is 1. The number of phenolic OH excluding ortho intramolecular Hbond substituents is 1. The number of rotatable bonds is 6. The van der Waals surface area contributed by atoms with Crippen LogP contribution < -0.4 is 10.2 Å².